The topological polar surface area (TPSA) is 72.5 Å². The van der Waals surface area contributed by atoms with Crippen molar-refractivity contribution in [1.29, 1.82) is 0 Å². The summed E-state index contributed by atoms with van der Waals surface area (Å²) < 4.78 is 5.17. The van der Waals surface area contributed by atoms with Gasteiger partial charge in [0.2, 0.25) is 0 Å². The summed E-state index contributed by atoms with van der Waals surface area (Å²) in [5.74, 6) is -0.309. The Morgan fingerprint density at radius 3 is 2.52 bits per heavy atom. The SMILES string of the molecule is N[C@H](Cc1ccc(O)cc1)C(=O)OCc1ccccc1Cl. The minimum Gasteiger partial charge on any atom is -0.508 e. The number of halogens is 1. The van der Waals surface area contributed by atoms with Gasteiger partial charge in [0.25, 0.3) is 0 Å². The highest BCUT2D eigenvalue weighted by atomic mass is 35.5. The number of nitrogens with two attached hydrogens (primary N) is 1. The molecule has 0 amide bonds. The predicted octanol–water partition coefficient (Wildman–Crippen LogP) is 2.66. The zero-order valence-electron chi connectivity index (χ0n) is 11.3. The van der Waals surface area contributed by atoms with Gasteiger partial charge in [-0.15, -0.1) is 0 Å². The Balaban J connectivity index is 1.88. The van der Waals surface area contributed by atoms with Crippen LogP contribution >= 0.6 is 11.6 Å². The van der Waals surface area contributed by atoms with Crippen LogP contribution < -0.4 is 5.73 Å². The van der Waals surface area contributed by atoms with Crippen molar-refractivity contribution in [2.24, 2.45) is 5.73 Å². The highest BCUT2D eigenvalue weighted by molar-refractivity contribution is 6.31. The molecule has 0 saturated heterocycles. The molecule has 4 nitrogen and oxygen atoms in total. The van der Waals surface area contributed by atoms with E-state index >= 15 is 0 Å². The van der Waals surface area contributed by atoms with E-state index in [0.717, 1.165) is 11.1 Å². The molecule has 0 spiro atoms. The van der Waals surface area contributed by atoms with Crippen LogP contribution in [0.15, 0.2) is 48.5 Å². The van der Waals surface area contributed by atoms with Gasteiger partial charge in [0, 0.05) is 10.6 Å². The number of ether oxygens (including phenoxy) is 1. The van der Waals surface area contributed by atoms with Crippen LogP contribution in [0, 0.1) is 0 Å². The van der Waals surface area contributed by atoms with Crippen LogP contribution in [0.3, 0.4) is 0 Å². The average molecular weight is 306 g/mol. The molecule has 0 aliphatic rings. The number of aromatic hydroxyl groups is 1. The number of phenolic OH excluding ortho intramolecular Hbond substituents is 1. The molecule has 0 aromatic heterocycles. The van der Waals surface area contributed by atoms with E-state index in [-0.39, 0.29) is 12.4 Å². The highest BCUT2D eigenvalue weighted by Crippen LogP contribution is 2.16. The first-order chi connectivity index (χ1) is 10.1. The summed E-state index contributed by atoms with van der Waals surface area (Å²) in [6, 6.07) is 13.0. The molecule has 2 aromatic rings. The fraction of sp³-hybridized carbons (Fsp3) is 0.188. The summed E-state index contributed by atoms with van der Waals surface area (Å²) in [6.07, 6.45) is 0.349. The third kappa shape index (κ3) is 4.48. The van der Waals surface area contributed by atoms with Crippen molar-refractivity contribution < 1.29 is 14.6 Å². The van der Waals surface area contributed by atoms with Crippen LogP contribution in [-0.4, -0.2) is 17.1 Å². The van der Waals surface area contributed by atoms with E-state index in [9.17, 15) is 9.90 Å². The average Bonchev–Trinajstić information content (AvgIpc) is 2.48. The Hall–Kier alpha value is -2.04. The Morgan fingerprint density at radius 2 is 1.86 bits per heavy atom. The number of phenols is 1. The number of benzene rings is 2. The lowest BCUT2D eigenvalue weighted by atomic mass is 10.1. The lowest BCUT2D eigenvalue weighted by molar-refractivity contribution is -0.146. The Labute approximate surface area is 128 Å². The van der Waals surface area contributed by atoms with Crippen LogP contribution in [0.1, 0.15) is 11.1 Å². The second-order valence-electron chi connectivity index (χ2n) is 4.68. The van der Waals surface area contributed by atoms with Crippen LogP contribution in [0.4, 0.5) is 0 Å². The molecule has 2 rings (SSSR count). The van der Waals surface area contributed by atoms with Crippen molar-refractivity contribution in [3.63, 3.8) is 0 Å². The van der Waals surface area contributed by atoms with Crippen LogP contribution in [0.2, 0.25) is 5.02 Å². The van der Waals surface area contributed by atoms with Gasteiger partial charge in [0.1, 0.15) is 18.4 Å². The standard InChI is InChI=1S/C16H16ClNO3/c17-14-4-2-1-3-12(14)10-21-16(20)15(18)9-11-5-7-13(19)8-6-11/h1-8,15,19H,9-10,18H2/t15-/m1/s1. The van der Waals surface area contributed by atoms with Crippen molar-refractivity contribution in [2.45, 2.75) is 19.1 Å². The van der Waals surface area contributed by atoms with Gasteiger partial charge in [-0.1, -0.05) is 41.9 Å². The maximum atomic E-state index is 11.9. The van der Waals surface area contributed by atoms with Gasteiger partial charge in [0.05, 0.1) is 0 Å². The lowest BCUT2D eigenvalue weighted by Crippen LogP contribution is -2.34. The van der Waals surface area contributed by atoms with Gasteiger partial charge in [-0.25, -0.2) is 0 Å². The molecule has 0 radical (unpaired) electrons. The monoisotopic (exact) mass is 305 g/mol. The minimum absolute atomic E-state index is 0.0990. The second-order valence-corrected chi connectivity index (χ2v) is 5.08. The van der Waals surface area contributed by atoms with Gasteiger partial charge in [-0.2, -0.15) is 0 Å². The molecule has 0 bridgehead atoms. The largest absolute Gasteiger partial charge is 0.508 e. The first-order valence-electron chi connectivity index (χ1n) is 6.50. The van der Waals surface area contributed by atoms with Crippen molar-refractivity contribution in [2.75, 3.05) is 0 Å². The number of esters is 1. The number of hydrogen-bond acceptors (Lipinski definition) is 4. The van der Waals surface area contributed by atoms with E-state index in [1.54, 1.807) is 36.4 Å². The van der Waals surface area contributed by atoms with E-state index in [2.05, 4.69) is 0 Å². The van der Waals surface area contributed by atoms with E-state index in [1.165, 1.54) is 0 Å². The normalized spacial score (nSPS) is 11.9. The summed E-state index contributed by atoms with van der Waals surface area (Å²) in [7, 11) is 0. The molecule has 21 heavy (non-hydrogen) atoms. The zero-order valence-corrected chi connectivity index (χ0v) is 12.1. The van der Waals surface area contributed by atoms with E-state index in [4.69, 9.17) is 22.1 Å². The lowest BCUT2D eigenvalue weighted by Gasteiger charge is -2.12. The van der Waals surface area contributed by atoms with Gasteiger partial charge in [-0.3, -0.25) is 4.79 Å². The fourth-order valence-electron chi connectivity index (χ4n) is 1.84. The molecule has 0 aliphatic heterocycles. The molecule has 5 heteroatoms. The van der Waals surface area contributed by atoms with Gasteiger partial charge < -0.3 is 15.6 Å². The fourth-order valence-corrected chi connectivity index (χ4v) is 2.03. The first kappa shape index (κ1) is 15.4. The predicted molar refractivity (Wildman–Crippen MR) is 81.0 cm³/mol. The number of carbonyl (C=O) groups excluding carboxylic acids is 1. The summed E-state index contributed by atoms with van der Waals surface area (Å²) >= 11 is 5.99. The molecular formula is C16H16ClNO3. The summed E-state index contributed by atoms with van der Waals surface area (Å²) in [5, 5.41) is 9.75. The van der Waals surface area contributed by atoms with E-state index < -0.39 is 12.0 Å². The minimum atomic E-state index is -0.753. The summed E-state index contributed by atoms with van der Waals surface area (Å²) in [5.41, 5.74) is 7.42. The van der Waals surface area contributed by atoms with Gasteiger partial charge in [0.15, 0.2) is 0 Å². The van der Waals surface area contributed by atoms with Gasteiger partial charge >= 0.3 is 5.97 Å². The van der Waals surface area contributed by atoms with Crippen molar-refractivity contribution in [1.82, 2.24) is 0 Å². The molecule has 3 N–H and O–H groups in total. The smallest absolute Gasteiger partial charge is 0.323 e. The maximum Gasteiger partial charge on any atom is 0.323 e. The van der Waals surface area contributed by atoms with E-state index in [0.29, 0.717) is 11.4 Å². The Kier molecular flexibility index (Phi) is 5.20. The van der Waals surface area contributed by atoms with Crippen LogP contribution in [0.25, 0.3) is 0 Å². The molecule has 0 saturated carbocycles. The van der Waals surface area contributed by atoms with Crippen molar-refractivity contribution in [3.05, 3.63) is 64.7 Å². The molecule has 1 atom stereocenters. The van der Waals surface area contributed by atoms with Crippen molar-refractivity contribution >= 4 is 17.6 Å². The highest BCUT2D eigenvalue weighted by Gasteiger charge is 2.16. The number of carbonyl (C=O) groups is 1. The van der Waals surface area contributed by atoms with E-state index in [1.807, 2.05) is 12.1 Å². The first-order valence-corrected chi connectivity index (χ1v) is 6.87. The van der Waals surface area contributed by atoms with Crippen LogP contribution in [-0.2, 0) is 22.6 Å². The molecule has 110 valence electrons. The van der Waals surface area contributed by atoms with Crippen LogP contribution in [0.5, 0.6) is 5.75 Å². The van der Waals surface area contributed by atoms with Gasteiger partial charge in [-0.05, 0) is 30.2 Å². The molecule has 0 aliphatic carbocycles. The third-order valence-electron chi connectivity index (χ3n) is 3.02. The summed E-state index contributed by atoms with van der Waals surface area (Å²) in [4.78, 5) is 11.9. The number of rotatable bonds is 5. The second kappa shape index (κ2) is 7.11. The quantitative estimate of drug-likeness (QED) is 0.833. The maximum absolute atomic E-state index is 11.9. The molecule has 0 heterocycles. The molecule has 2 aromatic carbocycles. The zero-order chi connectivity index (χ0) is 15.2. The Bertz CT molecular complexity index is 613. The molecule has 0 fully saturated rings. The number of hydrogen-bond donors (Lipinski definition) is 2. The molecule has 0 unspecified atom stereocenters. The molecular weight excluding hydrogens is 290 g/mol. The van der Waals surface area contributed by atoms with Crippen molar-refractivity contribution in [3.8, 4) is 5.75 Å². The third-order valence-corrected chi connectivity index (χ3v) is 3.39. The Morgan fingerprint density at radius 1 is 1.19 bits per heavy atom. The summed E-state index contributed by atoms with van der Waals surface area (Å²) in [6.45, 7) is 0.0990.